The minimum absolute atomic E-state index is 0.382. The van der Waals surface area contributed by atoms with Gasteiger partial charge in [0.2, 0.25) is 0 Å². The molecular formula is C9H14NO2S+. The second-order valence-corrected chi connectivity index (χ2v) is 3.90. The van der Waals surface area contributed by atoms with E-state index in [1.165, 1.54) is 0 Å². The Morgan fingerprint density at radius 2 is 1.85 bits per heavy atom. The van der Waals surface area contributed by atoms with Crippen LogP contribution in [0.2, 0.25) is 0 Å². The van der Waals surface area contributed by atoms with Crippen molar-refractivity contribution in [1.82, 2.24) is 0 Å². The van der Waals surface area contributed by atoms with Crippen LogP contribution in [0.25, 0.3) is 0 Å². The van der Waals surface area contributed by atoms with Gasteiger partial charge in [0.25, 0.3) is 0 Å². The first-order chi connectivity index (χ1) is 6.29. The van der Waals surface area contributed by atoms with Crippen LogP contribution in [0.5, 0.6) is 0 Å². The van der Waals surface area contributed by atoms with Crippen LogP contribution in [0.1, 0.15) is 12.8 Å². The first kappa shape index (κ1) is 10.3. The van der Waals surface area contributed by atoms with Crippen LogP contribution in [-0.4, -0.2) is 14.5 Å². The minimum Gasteiger partial charge on any atom is -0.306 e. The molecule has 4 heteroatoms. The maximum absolute atomic E-state index is 10.3. The molecule has 0 saturated heterocycles. The van der Waals surface area contributed by atoms with E-state index in [9.17, 15) is 4.21 Å². The van der Waals surface area contributed by atoms with E-state index < -0.39 is 11.1 Å². The zero-order valence-electron chi connectivity index (χ0n) is 7.43. The van der Waals surface area contributed by atoms with Gasteiger partial charge < -0.3 is 4.55 Å². The van der Waals surface area contributed by atoms with Gasteiger partial charge in [-0.3, -0.25) is 0 Å². The third-order valence-electron chi connectivity index (χ3n) is 1.76. The average Bonchev–Trinajstić information content (AvgIpc) is 2.14. The molecule has 0 fully saturated rings. The van der Waals surface area contributed by atoms with Crippen LogP contribution in [0.4, 0.5) is 0 Å². The van der Waals surface area contributed by atoms with Gasteiger partial charge in [-0.25, -0.2) is 8.78 Å². The molecular weight excluding hydrogens is 186 g/mol. The summed E-state index contributed by atoms with van der Waals surface area (Å²) in [4.78, 5) is 0. The fourth-order valence-corrected chi connectivity index (χ4v) is 1.55. The molecule has 1 rings (SSSR count). The number of nitrogens with zero attached hydrogens (tertiary/aromatic N) is 1. The summed E-state index contributed by atoms with van der Waals surface area (Å²) in [6, 6.07) is 5.92. The zero-order valence-corrected chi connectivity index (χ0v) is 8.24. The molecule has 0 aliphatic heterocycles. The van der Waals surface area contributed by atoms with Gasteiger partial charge in [-0.1, -0.05) is 6.07 Å². The quantitative estimate of drug-likeness (QED) is 0.437. The Kier molecular flexibility index (Phi) is 4.64. The normalized spacial score (nSPS) is 12.7. The Labute approximate surface area is 80.7 Å². The van der Waals surface area contributed by atoms with Gasteiger partial charge in [0, 0.05) is 24.3 Å². The molecule has 0 aromatic carbocycles. The first-order valence-corrected chi connectivity index (χ1v) is 5.58. The number of rotatable bonds is 5. The molecule has 1 atom stereocenters. The summed E-state index contributed by atoms with van der Waals surface area (Å²) in [6.07, 6.45) is 5.73. The SMILES string of the molecule is O=S(O)CCCC[n+]1ccccc1. The van der Waals surface area contributed by atoms with Crippen molar-refractivity contribution in [2.24, 2.45) is 0 Å². The summed E-state index contributed by atoms with van der Waals surface area (Å²) < 4.78 is 20.9. The molecule has 3 nitrogen and oxygen atoms in total. The summed E-state index contributed by atoms with van der Waals surface area (Å²) in [5, 5.41) is 0. The molecule has 0 amide bonds. The maximum atomic E-state index is 10.3. The van der Waals surface area contributed by atoms with Gasteiger partial charge in [-0.15, -0.1) is 0 Å². The van der Waals surface area contributed by atoms with Crippen LogP contribution in [0.15, 0.2) is 30.6 Å². The lowest BCUT2D eigenvalue weighted by atomic mass is 10.3. The fraction of sp³-hybridized carbons (Fsp3) is 0.444. The first-order valence-electron chi connectivity index (χ1n) is 4.30. The number of aryl methyl sites for hydroxylation is 1. The number of aromatic nitrogens is 1. The van der Waals surface area contributed by atoms with E-state index in [1.54, 1.807) is 0 Å². The van der Waals surface area contributed by atoms with Gasteiger partial charge in [0.1, 0.15) is 6.54 Å². The van der Waals surface area contributed by atoms with Crippen molar-refractivity contribution in [2.75, 3.05) is 5.75 Å². The third kappa shape index (κ3) is 4.75. The predicted molar refractivity (Wildman–Crippen MR) is 51.5 cm³/mol. The van der Waals surface area contributed by atoms with Crippen molar-refractivity contribution < 1.29 is 13.3 Å². The van der Waals surface area contributed by atoms with Crippen molar-refractivity contribution in [3.63, 3.8) is 0 Å². The third-order valence-corrected chi connectivity index (χ3v) is 2.40. The van der Waals surface area contributed by atoms with E-state index in [2.05, 4.69) is 4.57 Å². The molecule has 0 bridgehead atoms. The number of hydrogen-bond acceptors (Lipinski definition) is 1. The fourth-order valence-electron chi connectivity index (χ4n) is 1.10. The van der Waals surface area contributed by atoms with E-state index in [-0.39, 0.29) is 0 Å². The standard InChI is InChI=1S/C9H13NO2S/c11-13(12)9-5-4-8-10-6-2-1-3-7-10/h1-3,6-7H,4-5,8-9H2/p+1. The molecule has 0 saturated carbocycles. The summed E-state index contributed by atoms with van der Waals surface area (Å²) in [5.41, 5.74) is 0. The molecule has 1 aromatic rings. The van der Waals surface area contributed by atoms with Crippen LogP contribution in [0, 0.1) is 0 Å². The highest BCUT2D eigenvalue weighted by atomic mass is 32.2. The number of hydrogen-bond donors (Lipinski definition) is 1. The van der Waals surface area contributed by atoms with Gasteiger partial charge in [-0.2, -0.15) is 0 Å². The second kappa shape index (κ2) is 5.83. The van der Waals surface area contributed by atoms with E-state index in [0.717, 1.165) is 19.4 Å². The van der Waals surface area contributed by atoms with Crippen molar-refractivity contribution in [2.45, 2.75) is 19.4 Å². The van der Waals surface area contributed by atoms with E-state index in [4.69, 9.17) is 4.55 Å². The Morgan fingerprint density at radius 3 is 2.46 bits per heavy atom. The van der Waals surface area contributed by atoms with Crippen molar-refractivity contribution >= 4 is 11.1 Å². The Hall–Kier alpha value is -0.740. The van der Waals surface area contributed by atoms with E-state index >= 15 is 0 Å². The van der Waals surface area contributed by atoms with Crippen LogP contribution in [0.3, 0.4) is 0 Å². The Bertz CT molecular complexity index is 264. The molecule has 13 heavy (non-hydrogen) atoms. The van der Waals surface area contributed by atoms with Gasteiger partial charge in [0.05, 0.1) is 0 Å². The topological polar surface area (TPSA) is 41.2 Å². The predicted octanol–water partition coefficient (Wildman–Crippen LogP) is 0.976. The number of pyridine rings is 1. The highest BCUT2D eigenvalue weighted by Gasteiger charge is 1.98. The zero-order chi connectivity index (χ0) is 9.52. The number of unbranched alkanes of at least 4 members (excludes halogenated alkanes) is 1. The highest BCUT2D eigenvalue weighted by molar-refractivity contribution is 7.79. The molecule has 0 aliphatic carbocycles. The van der Waals surface area contributed by atoms with Gasteiger partial charge in [0.15, 0.2) is 23.5 Å². The second-order valence-electron chi connectivity index (χ2n) is 2.85. The monoisotopic (exact) mass is 200 g/mol. The molecule has 1 heterocycles. The van der Waals surface area contributed by atoms with Gasteiger partial charge in [-0.05, 0) is 6.42 Å². The lowest BCUT2D eigenvalue weighted by molar-refractivity contribution is -0.697. The smallest absolute Gasteiger partial charge is 0.168 e. The van der Waals surface area contributed by atoms with Crippen LogP contribution in [-0.2, 0) is 17.6 Å². The lowest BCUT2D eigenvalue weighted by Crippen LogP contribution is -2.32. The lowest BCUT2D eigenvalue weighted by Gasteiger charge is -1.95. The summed E-state index contributed by atoms with van der Waals surface area (Å²) in [5.74, 6) is 0.382. The summed E-state index contributed by atoms with van der Waals surface area (Å²) in [7, 11) is 0. The molecule has 72 valence electrons. The highest BCUT2D eigenvalue weighted by Crippen LogP contribution is 1.90. The van der Waals surface area contributed by atoms with Gasteiger partial charge >= 0.3 is 0 Å². The largest absolute Gasteiger partial charge is 0.306 e. The molecule has 0 spiro atoms. The van der Waals surface area contributed by atoms with Crippen molar-refractivity contribution in [1.29, 1.82) is 0 Å². The molecule has 1 N–H and O–H groups in total. The van der Waals surface area contributed by atoms with Crippen LogP contribution < -0.4 is 4.57 Å². The molecule has 0 aliphatic rings. The van der Waals surface area contributed by atoms with Crippen molar-refractivity contribution in [3.8, 4) is 0 Å². The summed E-state index contributed by atoms with van der Waals surface area (Å²) >= 11 is -1.63. The molecule has 1 aromatic heterocycles. The summed E-state index contributed by atoms with van der Waals surface area (Å²) in [6.45, 7) is 0.915. The van der Waals surface area contributed by atoms with Crippen LogP contribution >= 0.6 is 0 Å². The molecule has 1 unspecified atom stereocenters. The average molecular weight is 200 g/mol. The minimum atomic E-state index is -1.63. The molecule has 0 radical (unpaired) electrons. The van der Waals surface area contributed by atoms with Crippen molar-refractivity contribution in [3.05, 3.63) is 30.6 Å². The Balaban J connectivity index is 2.17. The Morgan fingerprint density at radius 1 is 1.15 bits per heavy atom. The van der Waals surface area contributed by atoms with E-state index in [0.29, 0.717) is 5.75 Å². The van der Waals surface area contributed by atoms with E-state index in [1.807, 2.05) is 30.6 Å². The maximum Gasteiger partial charge on any atom is 0.168 e.